The van der Waals surface area contributed by atoms with Crippen LogP contribution in [-0.4, -0.2) is 5.78 Å². The zero-order valence-corrected chi connectivity index (χ0v) is 13.4. The van der Waals surface area contributed by atoms with E-state index in [2.05, 4.69) is 15.9 Å². The van der Waals surface area contributed by atoms with E-state index in [1.54, 1.807) is 12.1 Å². The number of halogens is 3. The number of hydrogen-bond acceptors (Lipinski definition) is 2. The highest BCUT2D eigenvalue weighted by Gasteiger charge is 2.26. The van der Waals surface area contributed by atoms with Crippen LogP contribution in [0.15, 0.2) is 40.9 Å². The smallest absolute Gasteiger partial charge is 0.184 e. The van der Waals surface area contributed by atoms with Crippen LogP contribution in [0.2, 0.25) is 5.02 Å². The van der Waals surface area contributed by atoms with Crippen LogP contribution in [0.25, 0.3) is 0 Å². The van der Waals surface area contributed by atoms with Crippen molar-refractivity contribution < 1.29 is 9.18 Å². The topological polar surface area (TPSA) is 40.9 Å². The first kappa shape index (κ1) is 15.7. The summed E-state index contributed by atoms with van der Waals surface area (Å²) in [4.78, 5) is 12.5. The van der Waals surface area contributed by atoms with Crippen molar-refractivity contribution in [2.24, 2.45) is 0 Å². The number of Topliss-reactive ketones (excluding diaryl/α,β-unsaturated/α-hetero) is 1. The van der Waals surface area contributed by atoms with Crippen LogP contribution in [-0.2, 0) is 0 Å². The number of ketones is 1. The Kier molecular flexibility index (Phi) is 4.76. The minimum absolute atomic E-state index is 0.00683. The Morgan fingerprint density at radius 3 is 2.71 bits per heavy atom. The van der Waals surface area contributed by atoms with Gasteiger partial charge >= 0.3 is 0 Å². The summed E-state index contributed by atoms with van der Waals surface area (Å²) in [5.41, 5.74) is 1.22. The van der Waals surface area contributed by atoms with Gasteiger partial charge in [0.1, 0.15) is 11.7 Å². The Morgan fingerprint density at radius 1 is 1.38 bits per heavy atom. The summed E-state index contributed by atoms with van der Waals surface area (Å²) in [5.74, 6) is -2.41. The van der Waals surface area contributed by atoms with Gasteiger partial charge in [0.2, 0.25) is 0 Å². The van der Waals surface area contributed by atoms with E-state index in [0.29, 0.717) is 5.56 Å². The van der Waals surface area contributed by atoms with Crippen molar-refractivity contribution in [1.82, 2.24) is 0 Å². The molecule has 0 aliphatic heterocycles. The van der Waals surface area contributed by atoms with Crippen molar-refractivity contribution in [3.8, 4) is 6.07 Å². The molecule has 0 aliphatic rings. The van der Waals surface area contributed by atoms with E-state index in [1.165, 1.54) is 18.2 Å². The molecule has 0 amide bonds. The molecule has 106 valence electrons. The van der Waals surface area contributed by atoms with Gasteiger partial charge in [-0.1, -0.05) is 39.7 Å². The summed E-state index contributed by atoms with van der Waals surface area (Å²) in [6.07, 6.45) is 0. The summed E-state index contributed by atoms with van der Waals surface area (Å²) in [6, 6.07) is 11.3. The fraction of sp³-hybridized carbons (Fsp3) is 0.125. The molecule has 5 heteroatoms. The van der Waals surface area contributed by atoms with E-state index < -0.39 is 17.5 Å². The lowest BCUT2D eigenvalue weighted by Gasteiger charge is -2.11. The fourth-order valence-electron chi connectivity index (χ4n) is 2.06. The van der Waals surface area contributed by atoms with Crippen molar-refractivity contribution in [2.45, 2.75) is 12.8 Å². The molecule has 1 atom stereocenters. The minimum Gasteiger partial charge on any atom is -0.292 e. The first-order chi connectivity index (χ1) is 9.93. The number of carbonyl (C=O) groups is 1. The Balaban J connectivity index is 2.49. The molecule has 2 aromatic carbocycles. The molecule has 2 rings (SSSR count). The van der Waals surface area contributed by atoms with Gasteiger partial charge in [-0.2, -0.15) is 5.26 Å². The lowest BCUT2D eigenvalue weighted by atomic mass is 9.91. The normalized spacial score (nSPS) is 11.8. The summed E-state index contributed by atoms with van der Waals surface area (Å²) in [7, 11) is 0. The third-order valence-electron chi connectivity index (χ3n) is 3.01. The Hall–Kier alpha value is -1.70. The second-order valence-corrected chi connectivity index (χ2v) is 5.91. The van der Waals surface area contributed by atoms with Crippen molar-refractivity contribution in [3.05, 3.63) is 68.4 Å². The van der Waals surface area contributed by atoms with E-state index >= 15 is 0 Å². The van der Waals surface area contributed by atoms with Crippen molar-refractivity contribution in [3.63, 3.8) is 0 Å². The number of nitrogens with zero attached hydrogens (tertiary/aromatic N) is 1. The molecular weight excluding hydrogens is 357 g/mol. The zero-order valence-electron chi connectivity index (χ0n) is 11.0. The van der Waals surface area contributed by atoms with Gasteiger partial charge in [0.15, 0.2) is 5.78 Å². The van der Waals surface area contributed by atoms with Crippen LogP contribution >= 0.6 is 27.5 Å². The third kappa shape index (κ3) is 3.31. The lowest BCUT2D eigenvalue weighted by Crippen LogP contribution is -2.13. The van der Waals surface area contributed by atoms with Crippen LogP contribution in [0.4, 0.5) is 4.39 Å². The summed E-state index contributed by atoms with van der Waals surface area (Å²) < 4.78 is 14.8. The van der Waals surface area contributed by atoms with E-state index in [9.17, 15) is 14.4 Å². The van der Waals surface area contributed by atoms with E-state index in [1.807, 2.05) is 19.1 Å². The molecule has 0 N–H and O–H groups in total. The highest BCUT2D eigenvalue weighted by molar-refractivity contribution is 9.10. The monoisotopic (exact) mass is 365 g/mol. The van der Waals surface area contributed by atoms with Gasteiger partial charge in [-0.25, -0.2) is 4.39 Å². The molecule has 0 aromatic heterocycles. The standard InChI is InChI=1S/C16H10BrClFNO/c1-9-5-10(7-11(17)6-9)16(21)13(8-20)12-3-2-4-14(18)15(12)19/h2-7,13H,1H3. The highest BCUT2D eigenvalue weighted by atomic mass is 79.9. The molecule has 0 heterocycles. The van der Waals surface area contributed by atoms with Gasteiger partial charge in [-0.05, 0) is 36.8 Å². The maximum atomic E-state index is 14.0. The molecule has 0 spiro atoms. The van der Waals surface area contributed by atoms with Gasteiger partial charge < -0.3 is 0 Å². The molecule has 2 nitrogen and oxygen atoms in total. The van der Waals surface area contributed by atoms with Crippen molar-refractivity contribution in [2.75, 3.05) is 0 Å². The van der Waals surface area contributed by atoms with Crippen molar-refractivity contribution in [1.29, 1.82) is 5.26 Å². The summed E-state index contributed by atoms with van der Waals surface area (Å²) in [6.45, 7) is 1.84. The molecule has 0 aliphatic carbocycles. The second-order valence-electron chi connectivity index (χ2n) is 4.59. The second kappa shape index (κ2) is 6.38. The molecule has 0 fully saturated rings. The fourth-order valence-corrected chi connectivity index (χ4v) is 2.85. The molecule has 0 radical (unpaired) electrons. The lowest BCUT2D eigenvalue weighted by molar-refractivity contribution is 0.0977. The summed E-state index contributed by atoms with van der Waals surface area (Å²) in [5, 5.41) is 9.17. The molecule has 0 bridgehead atoms. The van der Waals surface area contributed by atoms with Gasteiger partial charge in [0.25, 0.3) is 0 Å². The molecule has 21 heavy (non-hydrogen) atoms. The number of nitriles is 1. The van der Waals surface area contributed by atoms with Gasteiger partial charge in [-0.3, -0.25) is 4.79 Å². The molecule has 2 aromatic rings. The van der Waals surface area contributed by atoms with Crippen LogP contribution in [0, 0.1) is 24.1 Å². The number of hydrogen-bond donors (Lipinski definition) is 0. The molecule has 0 saturated carbocycles. The van der Waals surface area contributed by atoms with Crippen LogP contribution in [0.1, 0.15) is 27.4 Å². The predicted octanol–water partition coefficient (Wildman–Crippen LogP) is 5.04. The maximum absolute atomic E-state index is 14.0. The Morgan fingerprint density at radius 2 is 2.10 bits per heavy atom. The van der Waals surface area contributed by atoms with Gasteiger partial charge in [0, 0.05) is 15.6 Å². The SMILES string of the molecule is Cc1cc(Br)cc(C(=O)C(C#N)c2cccc(Cl)c2F)c1. The largest absolute Gasteiger partial charge is 0.292 e. The van der Waals surface area contributed by atoms with Crippen LogP contribution < -0.4 is 0 Å². The highest BCUT2D eigenvalue weighted by Crippen LogP contribution is 2.28. The van der Waals surface area contributed by atoms with Crippen molar-refractivity contribution >= 4 is 33.3 Å². The Labute approximate surface area is 135 Å². The van der Waals surface area contributed by atoms with E-state index in [0.717, 1.165) is 10.0 Å². The first-order valence-electron chi connectivity index (χ1n) is 6.09. The number of rotatable bonds is 3. The maximum Gasteiger partial charge on any atom is 0.184 e. The minimum atomic E-state index is -1.22. The molecule has 0 saturated heterocycles. The van der Waals surface area contributed by atoms with Crippen LogP contribution in [0.3, 0.4) is 0 Å². The predicted molar refractivity (Wildman–Crippen MR) is 83.0 cm³/mol. The van der Waals surface area contributed by atoms with Gasteiger partial charge in [0.05, 0.1) is 11.1 Å². The third-order valence-corrected chi connectivity index (χ3v) is 3.76. The molecular formula is C16H10BrClFNO. The first-order valence-corrected chi connectivity index (χ1v) is 7.26. The average Bonchev–Trinajstić information content (AvgIpc) is 2.43. The zero-order chi connectivity index (χ0) is 15.6. The molecule has 1 unspecified atom stereocenters. The van der Waals surface area contributed by atoms with Gasteiger partial charge in [-0.15, -0.1) is 0 Å². The quantitative estimate of drug-likeness (QED) is 0.714. The number of benzene rings is 2. The van der Waals surface area contributed by atoms with E-state index in [4.69, 9.17) is 11.6 Å². The number of carbonyl (C=O) groups excluding carboxylic acids is 1. The summed E-state index contributed by atoms with van der Waals surface area (Å²) >= 11 is 9.02. The van der Waals surface area contributed by atoms with E-state index in [-0.39, 0.29) is 10.6 Å². The van der Waals surface area contributed by atoms with Crippen LogP contribution in [0.5, 0.6) is 0 Å². The average molecular weight is 367 g/mol. The Bertz CT molecular complexity index is 734. The number of aryl methyl sites for hydroxylation is 1.